The molecule has 33 heavy (non-hydrogen) atoms. The molecule has 2 aromatic carbocycles. The first kappa shape index (κ1) is 25.4. The van der Waals surface area contributed by atoms with Gasteiger partial charge >= 0.3 is 0 Å². The van der Waals surface area contributed by atoms with Gasteiger partial charge in [0, 0.05) is 44.7 Å². The van der Waals surface area contributed by atoms with Crippen molar-refractivity contribution >= 4 is 64.8 Å². The van der Waals surface area contributed by atoms with E-state index in [1.165, 1.54) is 5.56 Å². The Morgan fingerprint density at radius 2 is 1.82 bits per heavy atom. The average Bonchev–Trinajstić information content (AvgIpc) is 3.11. The van der Waals surface area contributed by atoms with E-state index >= 15 is 0 Å². The van der Waals surface area contributed by atoms with E-state index < -0.39 is 0 Å². The van der Waals surface area contributed by atoms with E-state index in [2.05, 4.69) is 85.8 Å². The van der Waals surface area contributed by atoms with Crippen LogP contribution in [-0.4, -0.2) is 50.6 Å². The topological polar surface area (TPSA) is 53.0 Å². The summed E-state index contributed by atoms with van der Waals surface area (Å²) in [4.78, 5) is 17.5. The highest BCUT2D eigenvalue weighted by Gasteiger charge is 2.24. The van der Waals surface area contributed by atoms with Crippen LogP contribution in [0.2, 0.25) is 0 Å². The third-order valence-electron chi connectivity index (χ3n) is 6.51. The number of nitrogens with zero attached hydrogens (tertiary/aromatic N) is 5. The normalized spacial score (nSPS) is 14.7. The summed E-state index contributed by atoms with van der Waals surface area (Å²) in [5.74, 6) is 0.997. The Bertz CT molecular complexity index is 1260. The van der Waals surface area contributed by atoms with Gasteiger partial charge in [0.05, 0.1) is 16.6 Å². The van der Waals surface area contributed by atoms with E-state index in [1.54, 1.807) is 6.33 Å². The van der Waals surface area contributed by atoms with Crippen molar-refractivity contribution in [3.05, 3.63) is 59.1 Å². The lowest BCUT2D eigenvalue weighted by Crippen LogP contribution is -2.43. The first-order chi connectivity index (χ1) is 15.1. The van der Waals surface area contributed by atoms with Crippen LogP contribution in [0.4, 0.5) is 5.82 Å². The molecular formula is C24H30Cl2N6S. The third-order valence-corrected chi connectivity index (χ3v) is 6.84. The summed E-state index contributed by atoms with van der Waals surface area (Å²) >= 11 is 5.49. The predicted molar refractivity (Wildman–Crippen MR) is 144 cm³/mol. The van der Waals surface area contributed by atoms with Gasteiger partial charge in [-0.1, -0.05) is 30.3 Å². The van der Waals surface area contributed by atoms with Crippen molar-refractivity contribution in [1.29, 1.82) is 0 Å². The van der Waals surface area contributed by atoms with Crippen molar-refractivity contribution in [3.8, 4) is 0 Å². The fourth-order valence-corrected chi connectivity index (χ4v) is 5.11. The van der Waals surface area contributed by atoms with Gasteiger partial charge in [0.2, 0.25) is 0 Å². The van der Waals surface area contributed by atoms with Gasteiger partial charge in [-0.25, -0.2) is 9.97 Å². The van der Waals surface area contributed by atoms with E-state index in [0.29, 0.717) is 6.04 Å². The number of benzene rings is 2. The summed E-state index contributed by atoms with van der Waals surface area (Å²) in [6.45, 7) is 6.17. The summed E-state index contributed by atoms with van der Waals surface area (Å²) < 4.78 is 2.86. The summed E-state index contributed by atoms with van der Waals surface area (Å²) in [6, 6.07) is 15.5. The Balaban J connectivity index is 0.00000153. The minimum atomic E-state index is 0. The fraction of sp³-hybridized carbons (Fsp3) is 0.375. The second-order valence-electron chi connectivity index (χ2n) is 8.36. The maximum atomic E-state index is 5.49. The summed E-state index contributed by atoms with van der Waals surface area (Å²) in [6.07, 6.45) is 3.94. The van der Waals surface area contributed by atoms with E-state index in [-0.39, 0.29) is 24.8 Å². The van der Waals surface area contributed by atoms with Crippen LogP contribution in [0.3, 0.4) is 0 Å². The zero-order valence-corrected chi connectivity index (χ0v) is 21.3. The van der Waals surface area contributed by atoms with Gasteiger partial charge in [0.15, 0.2) is 4.77 Å². The molecule has 0 unspecified atom stereocenters. The van der Waals surface area contributed by atoms with E-state index in [4.69, 9.17) is 12.2 Å². The second-order valence-corrected chi connectivity index (χ2v) is 8.75. The summed E-state index contributed by atoms with van der Waals surface area (Å²) in [7, 11) is 2.17. The first-order valence-corrected chi connectivity index (χ1v) is 11.4. The quantitative estimate of drug-likeness (QED) is 0.358. The summed E-state index contributed by atoms with van der Waals surface area (Å²) in [5, 5.41) is 1.07. The van der Waals surface area contributed by atoms with E-state index in [1.807, 2.05) is 0 Å². The molecule has 6 nitrogen and oxygen atoms in total. The number of fused-ring (bicyclic) bond motifs is 2. The lowest BCUT2D eigenvalue weighted by molar-refractivity contribution is 0.203. The standard InChI is InChI=1S/C24H28N6S.2ClH/c1-3-30-22-14-20-19(13-21(22)27-24(30)31)23(26-16-25-20)28(2)18-9-11-29(12-10-18)15-17-7-5-4-6-8-17;;/h4-8,13-14,16,18H,3,9-12,15H2,1-2H3,(H,27,31);2*1H. The van der Waals surface area contributed by atoms with E-state index in [0.717, 1.165) is 71.5 Å². The Morgan fingerprint density at radius 3 is 2.52 bits per heavy atom. The van der Waals surface area contributed by atoms with Crippen LogP contribution >= 0.6 is 37.0 Å². The van der Waals surface area contributed by atoms with Crippen LogP contribution < -0.4 is 4.90 Å². The fourth-order valence-electron chi connectivity index (χ4n) is 4.77. The highest BCUT2D eigenvalue weighted by Crippen LogP contribution is 2.30. The van der Waals surface area contributed by atoms with Crippen molar-refractivity contribution in [2.24, 2.45) is 0 Å². The van der Waals surface area contributed by atoms with Crippen molar-refractivity contribution in [3.63, 3.8) is 0 Å². The van der Waals surface area contributed by atoms with Crippen molar-refractivity contribution < 1.29 is 0 Å². The molecule has 0 saturated carbocycles. The van der Waals surface area contributed by atoms with Gasteiger partial charge < -0.3 is 14.5 Å². The lowest BCUT2D eigenvalue weighted by atomic mass is 10.0. The van der Waals surface area contributed by atoms with Crippen LogP contribution in [-0.2, 0) is 13.1 Å². The van der Waals surface area contributed by atoms with Gasteiger partial charge in [0.1, 0.15) is 12.1 Å². The van der Waals surface area contributed by atoms with Gasteiger partial charge in [-0.15, -0.1) is 24.8 Å². The molecule has 176 valence electrons. The number of nitrogens with one attached hydrogen (secondary N) is 1. The molecule has 0 aliphatic carbocycles. The minimum Gasteiger partial charge on any atom is -0.356 e. The van der Waals surface area contributed by atoms with Crippen molar-refractivity contribution in [1.82, 2.24) is 24.4 Å². The average molecular weight is 506 g/mol. The molecule has 5 rings (SSSR count). The molecule has 0 amide bonds. The van der Waals surface area contributed by atoms with Gasteiger partial charge in [-0.2, -0.15) is 0 Å². The van der Waals surface area contributed by atoms with Gasteiger partial charge in [0.25, 0.3) is 0 Å². The molecule has 1 fully saturated rings. The minimum absolute atomic E-state index is 0. The highest BCUT2D eigenvalue weighted by atomic mass is 35.5. The molecule has 0 atom stereocenters. The smallest absolute Gasteiger partial charge is 0.178 e. The molecule has 0 bridgehead atoms. The molecule has 1 saturated heterocycles. The first-order valence-electron chi connectivity index (χ1n) is 11.0. The summed E-state index contributed by atoms with van der Waals surface area (Å²) in [5.41, 5.74) is 4.49. The van der Waals surface area contributed by atoms with Crippen LogP contribution in [0.15, 0.2) is 48.8 Å². The predicted octanol–water partition coefficient (Wildman–Crippen LogP) is 5.61. The number of hydrogen-bond donors (Lipinski definition) is 1. The number of likely N-dealkylation sites (tertiary alicyclic amines) is 1. The number of aromatic amines is 1. The van der Waals surface area contributed by atoms with Crippen LogP contribution in [0.5, 0.6) is 0 Å². The Kier molecular flexibility index (Phi) is 8.34. The van der Waals surface area contributed by atoms with Crippen LogP contribution in [0, 0.1) is 4.77 Å². The van der Waals surface area contributed by atoms with Gasteiger partial charge in [-0.3, -0.25) is 4.90 Å². The number of rotatable bonds is 5. The number of hydrogen-bond acceptors (Lipinski definition) is 5. The molecule has 0 spiro atoms. The van der Waals surface area contributed by atoms with Crippen molar-refractivity contribution in [2.75, 3.05) is 25.0 Å². The van der Waals surface area contributed by atoms with Crippen LogP contribution in [0.25, 0.3) is 21.9 Å². The molecule has 9 heteroatoms. The van der Waals surface area contributed by atoms with E-state index in [9.17, 15) is 0 Å². The Labute approximate surface area is 211 Å². The molecular weight excluding hydrogens is 475 g/mol. The lowest BCUT2D eigenvalue weighted by Gasteiger charge is -2.37. The third kappa shape index (κ3) is 5.01. The molecule has 1 aliphatic rings. The number of aromatic nitrogens is 4. The molecule has 2 aromatic heterocycles. The number of imidazole rings is 1. The maximum absolute atomic E-state index is 5.49. The molecule has 4 aromatic rings. The number of H-pyrrole nitrogens is 1. The highest BCUT2D eigenvalue weighted by molar-refractivity contribution is 7.71. The largest absolute Gasteiger partial charge is 0.356 e. The SMILES string of the molecule is CCn1c(=S)[nH]c2cc3c(N(C)C4CCN(Cc5ccccc5)CC4)ncnc3cc21.Cl.Cl. The Hall–Kier alpha value is -2.19. The molecule has 1 N–H and O–H groups in total. The number of anilines is 1. The number of halogens is 2. The maximum Gasteiger partial charge on any atom is 0.178 e. The monoisotopic (exact) mass is 504 g/mol. The molecule has 0 radical (unpaired) electrons. The van der Waals surface area contributed by atoms with Crippen LogP contribution in [0.1, 0.15) is 25.3 Å². The Morgan fingerprint density at radius 1 is 1.09 bits per heavy atom. The zero-order chi connectivity index (χ0) is 21.4. The second kappa shape index (κ2) is 10.8. The van der Waals surface area contributed by atoms with Crippen molar-refractivity contribution in [2.45, 2.75) is 38.9 Å². The zero-order valence-electron chi connectivity index (χ0n) is 18.9. The number of piperidine rings is 1. The van der Waals surface area contributed by atoms with Gasteiger partial charge in [-0.05, 0) is 49.7 Å². The number of aryl methyl sites for hydroxylation is 1. The molecule has 1 aliphatic heterocycles. The molecule has 3 heterocycles.